The number of carbonyl (C=O) groups is 1. The van der Waals surface area contributed by atoms with E-state index in [-0.39, 0.29) is 17.9 Å². The lowest BCUT2D eigenvalue weighted by Gasteiger charge is -2.36. The molecular formula is C22H28N2O2. The molecule has 0 unspecified atom stereocenters. The summed E-state index contributed by atoms with van der Waals surface area (Å²) in [5, 5.41) is 0. The normalized spacial score (nSPS) is 15.0. The molecule has 1 aliphatic rings. The Labute approximate surface area is 156 Å². The van der Waals surface area contributed by atoms with E-state index in [1.54, 1.807) is 0 Å². The van der Waals surface area contributed by atoms with Crippen LogP contribution < -0.4 is 9.64 Å². The van der Waals surface area contributed by atoms with Crippen molar-refractivity contribution in [1.82, 2.24) is 4.90 Å². The van der Waals surface area contributed by atoms with Gasteiger partial charge in [0.25, 0.3) is 5.91 Å². The highest BCUT2D eigenvalue weighted by molar-refractivity contribution is 5.78. The predicted octanol–water partition coefficient (Wildman–Crippen LogP) is 3.71. The molecule has 1 heterocycles. The monoisotopic (exact) mass is 352 g/mol. The summed E-state index contributed by atoms with van der Waals surface area (Å²) in [4.78, 5) is 16.6. The molecule has 26 heavy (non-hydrogen) atoms. The molecule has 2 aromatic rings. The van der Waals surface area contributed by atoms with Crippen LogP contribution in [0.15, 0.2) is 54.6 Å². The minimum Gasteiger partial charge on any atom is -0.484 e. The van der Waals surface area contributed by atoms with Gasteiger partial charge in [0, 0.05) is 31.9 Å². The second-order valence-electron chi connectivity index (χ2n) is 7.77. The third-order valence-corrected chi connectivity index (χ3v) is 4.84. The first-order valence-corrected chi connectivity index (χ1v) is 9.24. The summed E-state index contributed by atoms with van der Waals surface area (Å²) in [6.07, 6.45) is 0. The molecule has 1 amide bonds. The van der Waals surface area contributed by atoms with Crippen molar-refractivity contribution in [3.8, 4) is 5.75 Å². The van der Waals surface area contributed by atoms with Gasteiger partial charge in [0.15, 0.2) is 6.61 Å². The Kier molecular flexibility index (Phi) is 5.50. The number of amides is 1. The number of rotatable bonds is 4. The quantitative estimate of drug-likeness (QED) is 0.841. The van der Waals surface area contributed by atoms with Gasteiger partial charge in [-0.15, -0.1) is 0 Å². The molecule has 0 bridgehead atoms. The van der Waals surface area contributed by atoms with E-state index in [4.69, 9.17) is 4.74 Å². The first-order chi connectivity index (χ1) is 12.4. The summed E-state index contributed by atoms with van der Waals surface area (Å²) in [6, 6.07) is 18.3. The van der Waals surface area contributed by atoms with Crippen LogP contribution in [0, 0.1) is 0 Å². The first kappa shape index (κ1) is 18.3. The zero-order chi connectivity index (χ0) is 18.6. The van der Waals surface area contributed by atoms with Crippen molar-refractivity contribution in [1.29, 1.82) is 0 Å². The highest BCUT2D eigenvalue weighted by Gasteiger charge is 2.22. The number of carbonyl (C=O) groups excluding carboxylic acids is 1. The van der Waals surface area contributed by atoms with Crippen LogP contribution in [0.2, 0.25) is 0 Å². The molecule has 3 rings (SSSR count). The van der Waals surface area contributed by atoms with Gasteiger partial charge in [-0.1, -0.05) is 51.1 Å². The van der Waals surface area contributed by atoms with Crippen LogP contribution in [0.5, 0.6) is 5.75 Å². The number of hydrogen-bond acceptors (Lipinski definition) is 3. The fraction of sp³-hybridized carbons (Fsp3) is 0.409. The van der Waals surface area contributed by atoms with Gasteiger partial charge in [-0.2, -0.15) is 0 Å². The number of ether oxygens (including phenoxy) is 1. The average Bonchev–Trinajstić information content (AvgIpc) is 2.66. The molecule has 1 saturated heterocycles. The Morgan fingerprint density at radius 1 is 0.923 bits per heavy atom. The number of hydrogen-bond donors (Lipinski definition) is 0. The Morgan fingerprint density at radius 3 is 2.12 bits per heavy atom. The second kappa shape index (κ2) is 7.81. The summed E-state index contributed by atoms with van der Waals surface area (Å²) < 4.78 is 5.57. The maximum Gasteiger partial charge on any atom is 0.260 e. The second-order valence-corrected chi connectivity index (χ2v) is 7.77. The Bertz CT molecular complexity index is 712. The van der Waals surface area contributed by atoms with E-state index in [2.05, 4.69) is 49.9 Å². The maximum atomic E-state index is 12.4. The molecular weight excluding hydrogens is 324 g/mol. The van der Waals surface area contributed by atoms with Gasteiger partial charge in [0.05, 0.1) is 0 Å². The zero-order valence-electron chi connectivity index (χ0n) is 15.9. The van der Waals surface area contributed by atoms with E-state index in [9.17, 15) is 4.79 Å². The van der Waals surface area contributed by atoms with Gasteiger partial charge in [-0.3, -0.25) is 4.79 Å². The van der Waals surface area contributed by atoms with Crippen molar-refractivity contribution in [3.63, 3.8) is 0 Å². The fourth-order valence-corrected chi connectivity index (χ4v) is 3.14. The highest BCUT2D eigenvalue weighted by atomic mass is 16.5. The number of para-hydroxylation sites is 1. The van der Waals surface area contributed by atoms with Gasteiger partial charge >= 0.3 is 0 Å². The van der Waals surface area contributed by atoms with E-state index in [1.807, 2.05) is 35.2 Å². The number of nitrogens with zero attached hydrogens (tertiary/aromatic N) is 2. The average molecular weight is 352 g/mol. The van der Waals surface area contributed by atoms with Crippen molar-refractivity contribution in [2.75, 3.05) is 37.7 Å². The number of anilines is 1. The van der Waals surface area contributed by atoms with Gasteiger partial charge in [0.1, 0.15) is 5.75 Å². The molecule has 0 spiro atoms. The third-order valence-electron chi connectivity index (χ3n) is 4.84. The van der Waals surface area contributed by atoms with E-state index in [0.29, 0.717) is 0 Å². The molecule has 0 atom stereocenters. The highest BCUT2D eigenvalue weighted by Crippen LogP contribution is 2.25. The molecule has 0 saturated carbocycles. The van der Waals surface area contributed by atoms with E-state index in [0.717, 1.165) is 31.9 Å². The fourth-order valence-electron chi connectivity index (χ4n) is 3.14. The van der Waals surface area contributed by atoms with Crippen LogP contribution in [0.3, 0.4) is 0 Å². The molecule has 4 nitrogen and oxygen atoms in total. The summed E-state index contributed by atoms with van der Waals surface area (Å²) in [5.41, 5.74) is 2.74. The SMILES string of the molecule is CC(C)(C)c1ccc(N2CCN(C(=O)COc3ccccc3)CC2)cc1. The molecule has 0 N–H and O–H groups in total. The van der Waals surface area contributed by atoms with Crippen molar-refractivity contribution < 1.29 is 9.53 Å². The van der Waals surface area contributed by atoms with Gasteiger partial charge in [-0.05, 0) is 35.2 Å². The summed E-state index contributed by atoms with van der Waals surface area (Å²) >= 11 is 0. The van der Waals surface area contributed by atoms with Crippen LogP contribution in [-0.4, -0.2) is 43.6 Å². The minimum absolute atomic E-state index is 0.0524. The lowest BCUT2D eigenvalue weighted by Crippen LogP contribution is -2.50. The first-order valence-electron chi connectivity index (χ1n) is 9.24. The van der Waals surface area contributed by atoms with Crippen molar-refractivity contribution in [2.24, 2.45) is 0 Å². The van der Waals surface area contributed by atoms with Crippen molar-refractivity contribution in [2.45, 2.75) is 26.2 Å². The topological polar surface area (TPSA) is 32.8 Å². The lowest BCUT2D eigenvalue weighted by atomic mass is 9.87. The summed E-state index contributed by atoms with van der Waals surface area (Å²) in [7, 11) is 0. The van der Waals surface area contributed by atoms with E-state index < -0.39 is 0 Å². The molecule has 1 fully saturated rings. The van der Waals surface area contributed by atoms with E-state index >= 15 is 0 Å². The van der Waals surface area contributed by atoms with E-state index in [1.165, 1.54) is 11.3 Å². The van der Waals surface area contributed by atoms with Crippen LogP contribution in [0.1, 0.15) is 26.3 Å². The largest absolute Gasteiger partial charge is 0.484 e. The predicted molar refractivity (Wildman–Crippen MR) is 106 cm³/mol. The molecule has 0 aliphatic carbocycles. The molecule has 4 heteroatoms. The Balaban J connectivity index is 1.50. The van der Waals surface area contributed by atoms with Crippen LogP contribution >= 0.6 is 0 Å². The zero-order valence-corrected chi connectivity index (χ0v) is 15.9. The lowest BCUT2D eigenvalue weighted by molar-refractivity contribution is -0.133. The molecule has 1 aliphatic heterocycles. The molecule has 138 valence electrons. The van der Waals surface area contributed by atoms with Crippen LogP contribution in [0.4, 0.5) is 5.69 Å². The minimum atomic E-state index is 0.0524. The summed E-state index contributed by atoms with van der Waals surface area (Å²) in [5.74, 6) is 0.787. The summed E-state index contributed by atoms with van der Waals surface area (Å²) in [6.45, 7) is 9.95. The Hall–Kier alpha value is -2.49. The number of piperazine rings is 1. The van der Waals surface area contributed by atoms with Crippen LogP contribution in [-0.2, 0) is 10.2 Å². The standard InChI is InChI=1S/C22H28N2O2/c1-22(2,3)18-9-11-19(12-10-18)23-13-15-24(16-14-23)21(25)17-26-20-7-5-4-6-8-20/h4-12H,13-17H2,1-3H3. The van der Waals surface area contributed by atoms with Crippen molar-refractivity contribution >= 4 is 11.6 Å². The molecule has 0 radical (unpaired) electrons. The molecule has 2 aromatic carbocycles. The van der Waals surface area contributed by atoms with Gasteiger partial charge < -0.3 is 14.5 Å². The maximum absolute atomic E-state index is 12.4. The molecule has 0 aromatic heterocycles. The van der Waals surface area contributed by atoms with Crippen LogP contribution in [0.25, 0.3) is 0 Å². The van der Waals surface area contributed by atoms with Gasteiger partial charge in [-0.25, -0.2) is 0 Å². The van der Waals surface area contributed by atoms with Crippen molar-refractivity contribution in [3.05, 3.63) is 60.2 Å². The van der Waals surface area contributed by atoms with Gasteiger partial charge in [0.2, 0.25) is 0 Å². The smallest absolute Gasteiger partial charge is 0.260 e. The third kappa shape index (κ3) is 4.57. The number of benzene rings is 2. The Morgan fingerprint density at radius 2 is 1.54 bits per heavy atom.